The van der Waals surface area contributed by atoms with Crippen molar-refractivity contribution >= 4 is 58.9 Å². The fourth-order valence-electron chi connectivity index (χ4n) is 1.76. The van der Waals surface area contributed by atoms with Gasteiger partial charge >= 0.3 is 0 Å². The SMILES string of the molecule is Cc1sc(Br)cc1S(=O)(=O)Nc1ccc(CCBr)cc1. The Morgan fingerprint density at radius 1 is 1.25 bits per heavy atom. The van der Waals surface area contributed by atoms with Gasteiger partial charge in [0.25, 0.3) is 10.0 Å². The van der Waals surface area contributed by atoms with Gasteiger partial charge in [-0.3, -0.25) is 4.72 Å². The maximum atomic E-state index is 12.3. The van der Waals surface area contributed by atoms with Crippen LogP contribution in [0, 0.1) is 6.92 Å². The van der Waals surface area contributed by atoms with Crippen LogP contribution < -0.4 is 4.72 Å². The van der Waals surface area contributed by atoms with Crippen molar-refractivity contribution in [1.29, 1.82) is 0 Å². The van der Waals surface area contributed by atoms with E-state index in [0.717, 1.165) is 20.4 Å². The third-order valence-electron chi connectivity index (χ3n) is 2.72. The molecule has 0 fully saturated rings. The number of thiophene rings is 1. The Morgan fingerprint density at radius 2 is 1.90 bits per heavy atom. The molecule has 0 saturated heterocycles. The number of anilines is 1. The van der Waals surface area contributed by atoms with Crippen LogP contribution >= 0.6 is 43.2 Å². The van der Waals surface area contributed by atoms with Gasteiger partial charge in [-0.05, 0) is 53.0 Å². The molecule has 7 heteroatoms. The summed E-state index contributed by atoms with van der Waals surface area (Å²) in [6, 6.07) is 9.05. The molecular formula is C13H13Br2NO2S2. The monoisotopic (exact) mass is 437 g/mol. The molecule has 20 heavy (non-hydrogen) atoms. The molecule has 3 nitrogen and oxygen atoms in total. The number of sulfonamides is 1. The van der Waals surface area contributed by atoms with Crippen LogP contribution in [-0.2, 0) is 16.4 Å². The number of nitrogens with one attached hydrogen (secondary N) is 1. The van der Waals surface area contributed by atoms with E-state index in [-0.39, 0.29) is 0 Å². The van der Waals surface area contributed by atoms with E-state index in [1.165, 1.54) is 16.9 Å². The van der Waals surface area contributed by atoms with Gasteiger partial charge in [0.2, 0.25) is 0 Å². The van der Waals surface area contributed by atoms with Crippen molar-refractivity contribution in [3.05, 3.63) is 44.6 Å². The van der Waals surface area contributed by atoms with Crippen molar-refractivity contribution in [2.24, 2.45) is 0 Å². The Labute approximate surface area is 139 Å². The Hall–Kier alpha value is -0.370. The first kappa shape index (κ1) is 16.0. The number of aryl methyl sites for hydroxylation is 2. The van der Waals surface area contributed by atoms with E-state index in [2.05, 4.69) is 36.6 Å². The van der Waals surface area contributed by atoms with E-state index in [9.17, 15) is 8.42 Å². The number of alkyl halides is 1. The highest BCUT2D eigenvalue weighted by Crippen LogP contribution is 2.30. The first-order valence-electron chi connectivity index (χ1n) is 5.86. The molecule has 0 amide bonds. The van der Waals surface area contributed by atoms with E-state index in [4.69, 9.17) is 0 Å². The van der Waals surface area contributed by atoms with Gasteiger partial charge in [0, 0.05) is 15.9 Å². The summed E-state index contributed by atoms with van der Waals surface area (Å²) >= 11 is 8.10. The second-order valence-electron chi connectivity index (χ2n) is 4.21. The zero-order chi connectivity index (χ0) is 14.8. The Balaban J connectivity index is 2.22. The molecule has 0 spiro atoms. The third-order valence-corrected chi connectivity index (χ3v) is 6.31. The van der Waals surface area contributed by atoms with Gasteiger partial charge in [-0.2, -0.15) is 0 Å². The van der Waals surface area contributed by atoms with Gasteiger partial charge < -0.3 is 0 Å². The minimum atomic E-state index is -3.53. The first-order valence-corrected chi connectivity index (χ1v) is 10.1. The molecule has 108 valence electrons. The molecule has 1 heterocycles. The van der Waals surface area contributed by atoms with Crippen LogP contribution in [-0.4, -0.2) is 13.7 Å². The van der Waals surface area contributed by atoms with E-state index >= 15 is 0 Å². The zero-order valence-corrected chi connectivity index (χ0v) is 15.5. The van der Waals surface area contributed by atoms with Crippen LogP contribution in [0.5, 0.6) is 0 Å². The van der Waals surface area contributed by atoms with Crippen LogP contribution in [0.25, 0.3) is 0 Å². The third kappa shape index (κ3) is 3.84. The summed E-state index contributed by atoms with van der Waals surface area (Å²) < 4.78 is 28.0. The maximum absolute atomic E-state index is 12.3. The lowest BCUT2D eigenvalue weighted by atomic mass is 10.2. The van der Waals surface area contributed by atoms with E-state index < -0.39 is 10.0 Å². The summed E-state index contributed by atoms with van der Waals surface area (Å²) in [6.45, 7) is 1.79. The number of benzene rings is 1. The summed E-state index contributed by atoms with van der Waals surface area (Å²) in [5.41, 5.74) is 1.74. The van der Waals surface area contributed by atoms with Crippen molar-refractivity contribution in [3.8, 4) is 0 Å². The molecule has 1 N–H and O–H groups in total. The molecule has 0 aliphatic carbocycles. The average Bonchev–Trinajstić information content (AvgIpc) is 2.72. The molecule has 0 bridgehead atoms. The minimum Gasteiger partial charge on any atom is -0.280 e. The summed E-state index contributed by atoms with van der Waals surface area (Å²) in [7, 11) is -3.53. The molecule has 0 saturated carbocycles. The van der Waals surface area contributed by atoms with E-state index in [1.54, 1.807) is 25.1 Å². The molecule has 2 rings (SSSR count). The number of hydrogen-bond donors (Lipinski definition) is 1. The van der Waals surface area contributed by atoms with Gasteiger partial charge in [-0.1, -0.05) is 28.1 Å². The predicted molar refractivity (Wildman–Crippen MR) is 91.5 cm³/mol. The van der Waals surface area contributed by atoms with Gasteiger partial charge in [0.15, 0.2) is 0 Å². The number of rotatable bonds is 5. The van der Waals surface area contributed by atoms with Crippen LogP contribution in [0.3, 0.4) is 0 Å². The number of hydrogen-bond acceptors (Lipinski definition) is 3. The van der Waals surface area contributed by atoms with Crippen molar-refractivity contribution in [1.82, 2.24) is 0 Å². The highest BCUT2D eigenvalue weighted by molar-refractivity contribution is 9.11. The standard InChI is InChI=1S/C13H13Br2NO2S2/c1-9-12(8-13(15)19-9)20(17,18)16-11-4-2-10(3-5-11)6-7-14/h2-5,8,16H,6-7H2,1H3. The molecule has 0 radical (unpaired) electrons. The van der Waals surface area contributed by atoms with Crippen LogP contribution in [0.15, 0.2) is 39.0 Å². The second kappa shape index (κ2) is 6.60. The number of halogens is 2. The van der Waals surface area contributed by atoms with Gasteiger partial charge in [0.05, 0.1) is 3.79 Å². The molecule has 0 aliphatic rings. The Morgan fingerprint density at radius 3 is 2.40 bits per heavy atom. The van der Waals surface area contributed by atoms with Crippen molar-refractivity contribution in [2.45, 2.75) is 18.2 Å². The normalized spacial score (nSPS) is 11.6. The highest BCUT2D eigenvalue weighted by Gasteiger charge is 2.19. The lowest BCUT2D eigenvalue weighted by molar-refractivity contribution is 0.601. The smallest absolute Gasteiger partial charge is 0.263 e. The van der Waals surface area contributed by atoms with Crippen molar-refractivity contribution in [2.75, 3.05) is 10.1 Å². The molecular weight excluding hydrogens is 426 g/mol. The second-order valence-corrected chi connectivity index (χ2v) is 9.29. The predicted octanol–water partition coefficient (Wildman–Crippen LogP) is 4.56. The molecule has 1 aromatic heterocycles. The summed E-state index contributed by atoms with van der Waals surface area (Å²) in [5, 5.41) is 0.889. The lowest BCUT2D eigenvalue weighted by Gasteiger charge is -2.08. The van der Waals surface area contributed by atoms with Crippen LogP contribution in [0.4, 0.5) is 5.69 Å². The minimum absolute atomic E-state index is 0.318. The van der Waals surface area contributed by atoms with Gasteiger partial charge in [0.1, 0.15) is 4.90 Å². The fraction of sp³-hybridized carbons (Fsp3) is 0.231. The maximum Gasteiger partial charge on any atom is 0.263 e. The molecule has 0 aliphatic heterocycles. The van der Waals surface area contributed by atoms with Crippen molar-refractivity contribution < 1.29 is 8.42 Å². The average molecular weight is 439 g/mol. The van der Waals surface area contributed by atoms with Gasteiger partial charge in [-0.25, -0.2) is 8.42 Å². The summed E-state index contributed by atoms with van der Waals surface area (Å²) in [6.07, 6.45) is 0.920. The first-order chi connectivity index (χ1) is 9.42. The topological polar surface area (TPSA) is 46.2 Å². The largest absolute Gasteiger partial charge is 0.280 e. The summed E-state index contributed by atoms with van der Waals surface area (Å²) in [4.78, 5) is 1.08. The zero-order valence-electron chi connectivity index (χ0n) is 10.7. The fourth-order valence-corrected chi connectivity index (χ4v) is 5.69. The van der Waals surface area contributed by atoms with E-state index in [1.807, 2.05) is 12.1 Å². The lowest BCUT2D eigenvalue weighted by Crippen LogP contribution is -2.13. The summed E-state index contributed by atoms with van der Waals surface area (Å²) in [5.74, 6) is 0. The van der Waals surface area contributed by atoms with Gasteiger partial charge in [-0.15, -0.1) is 11.3 Å². The Bertz CT molecular complexity index is 694. The van der Waals surface area contributed by atoms with Crippen LogP contribution in [0.1, 0.15) is 10.4 Å². The highest BCUT2D eigenvalue weighted by atomic mass is 79.9. The van der Waals surface area contributed by atoms with E-state index in [0.29, 0.717) is 10.6 Å². The molecule has 0 unspecified atom stereocenters. The van der Waals surface area contributed by atoms with Crippen molar-refractivity contribution in [3.63, 3.8) is 0 Å². The molecule has 2 aromatic rings. The quantitative estimate of drug-likeness (QED) is 0.695. The molecule has 1 aromatic carbocycles. The van der Waals surface area contributed by atoms with Crippen LogP contribution in [0.2, 0.25) is 0 Å². The molecule has 0 atom stereocenters. The Kier molecular flexibility index (Phi) is 5.28.